The smallest absolute Gasteiger partial charge is 0.0944 e. The molecule has 1 unspecified atom stereocenters. The molecule has 0 saturated heterocycles. The van der Waals surface area contributed by atoms with Crippen molar-refractivity contribution in [2.45, 2.75) is 207 Å². The summed E-state index contributed by atoms with van der Waals surface area (Å²) in [7, 11) is -1.46. The minimum Gasteiger partial charge on any atom is -0.0944 e. The lowest BCUT2D eigenvalue weighted by Gasteiger charge is -2.26. The van der Waals surface area contributed by atoms with Gasteiger partial charge in [-0.05, 0) is 25.7 Å². The van der Waals surface area contributed by atoms with Crippen LogP contribution in [0.4, 0.5) is 0 Å². The standard InChI is InChI=1S/C36H72Si/c1-5-9-13-17-21-23-27-31-35-37(33-29-25-19-15-11-7-3,34-30-26-20-16-12-8-4)36-32-28-24-22-18-14-10-6-2/h29,31,33,35H,5-28,30,32,34,36H2,1-4H3/b33-29+,35-31+. The fourth-order valence-corrected chi connectivity index (χ4v) is 9.82. The lowest BCUT2D eigenvalue weighted by Crippen LogP contribution is -2.30. The molecule has 0 saturated carbocycles. The molecule has 0 fully saturated rings. The lowest BCUT2D eigenvalue weighted by atomic mass is 10.1. The number of rotatable bonds is 30. The van der Waals surface area contributed by atoms with E-state index in [-0.39, 0.29) is 0 Å². The van der Waals surface area contributed by atoms with E-state index in [1.807, 2.05) is 0 Å². The summed E-state index contributed by atoms with van der Waals surface area (Å²) in [5, 5.41) is 0. The zero-order valence-corrected chi connectivity index (χ0v) is 27.6. The Bertz CT molecular complexity index is 479. The van der Waals surface area contributed by atoms with E-state index in [1.54, 1.807) is 0 Å². The maximum Gasteiger partial charge on any atom is 0.101 e. The molecule has 0 N–H and O–H groups in total. The molecule has 37 heavy (non-hydrogen) atoms. The van der Waals surface area contributed by atoms with E-state index in [4.69, 9.17) is 0 Å². The number of hydrogen-bond acceptors (Lipinski definition) is 0. The van der Waals surface area contributed by atoms with Crippen molar-refractivity contribution in [1.29, 1.82) is 0 Å². The number of allylic oxidation sites excluding steroid dienone is 2. The van der Waals surface area contributed by atoms with E-state index >= 15 is 0 Å². The Morgan fingerprint density at radius 1 is 0.324 bits per heavy atom. The van der Waals surface area contributed by atoms with Crippen LogP contribution in [0.5, 0.6) is 0 Å². The molecule has 0 amide bonds. The predicted molar refractivity (Wildman–Crippen MR) is 176 cm³/mol. The van der Waals surface area contributed by atoms with Crippen molar-refractivity contribution in [3.63, 3.8) is 0 Å². The molecular formula is C36H72Si. The molecule has 0 aromatic heterocycles. The average molecular weight is 533 g/mol. The van der Waals surface area contributed by atoms with Gasteiger partial charge in [-0.2, -0.15) is 0 Å². The van der Waals surface area contributed by atoms with E-state index in [9.17, 15) is 0 Å². The minimum atomic E-state index is -1.46. The van der Waals surface area contributed by atoms with E-state index < -0.39 is 8.07 Å². The van der Waals surface area contributed by atoms with E-state index in [1.165, 1.54) is 179 Å². The van der Waals surface area contributed by atoms with Crippen LogP contribution in [-0.2, 0) is 0 Å². The van der Waals surface area contributed by atoms with Gasteiger partial charge in [0, 0.05) is 0 Å². The summed E-state index contributed by atoms with van der Waals surface area (Å²) in [4.78, 5) is 0. The Kier molecular flexibility index (Phi) is 30.0. The van der Waals surface area contributed by atoms with Crippen LogP contribution in [0, 0.1) is 0 Å². The third-order valence-corrected chi connectivity index (χ3v) is 12.7. The van der Waals surface area contributed by atoms with Crippen molar-refractivity contribution in [3.05, 3.63) is 23.6 Å². The largest absolute Gasteiger partial charge is 0.101 e. The maximum atomic E-state index is 2.83. The first-order chi connectivity index (χ1) is 18.2. The van der Waals surface area contributed by atoms with E-state index in [2.05, 4.69) is 51.2 Å². The van der Waals surface area contributed by atoms with Gasteiger partial charge in [-0.25, -0.2) is 0 Å². The van der Waals surface area contributed by atoms with Gasteiger partial charge in [0.1, 0.15) is 8.07 Å². The zero-order valence-electron chi connectivity index (χ0n) is 26.6. The summed E-state index contributed by atoms with van der Waals surface area (Å²) in [6.07, 6.45) is 42.2. The van der Waals surface area contributed by atoms with E-state index in [0.717, 1.165) is 0 Å². The molecule has 220 valence electrons. The van der Waals surface area contributed by atoms with Gasteiger partial charge in [-0.15, -0.1) is 0 Å². The van der Waals surface area contributed by atoms with Gasteiger partial charge in [0.05, 0.1) is 0 Å². The lowest BCUT2D eigenvalue weighted by molar-refractivity contribution is 0.583. The second-order valence-corrected chi connectivity index (χ2v) is 16.3. The van der Waals surface area contributed by atoms with Gasteiger partial charge in [-0.3, -0.25) is 0 Å². The fraction of sp³-hybridized carbons (Fsp3) is 0.889. The Morgan fingerprint density at radius 3 is 0.946 bits per heavy atom. The third-order valence-electron chi connectivity index (χ3n) is 8.34. The van der Waals surface area contributed by atoms with Crippen LogP contribution in [0.3, 0.4) is 0 Å². The van der Waals surface area contributed by atoms with Crippen molar-refractivity contribution in [2.24, 2.45) is 0 Å². The number of unbranched alkanes of at least 4 members (excludes halogenated alkanes) is 22. The normalized spacial score (nSPS) is 13.7. The molecule has 0 aliphatic carbocycles. The van der Waals surface area contributed by atoms with Crippen molar-refractivity contribution >= 4 is 8.07 Å². The predicted octanol–water partition coefficient (Wildman–Crippen LogP) is 13.8. The molecule has 0 heterocycles. The van der Waals surface area contributed by atoms with Crippen molar-refractivity contribution in [2.75, 3.05) is 0 Å². The average Bonchev–Trinajstić information content (AvgIpc) is 2.91. The molecule has 0 nitrogen and oxygen atoms in total. The monoisotopic (exact) mass is 533 g/mol. The molecule has 0 aliphatic rings. The highest BCUT2D eigenvalue weighted by Crippen LogP contribution is 2.28. The molecule has 0 aliphatic heterocycles. The Hall–Kier alpha value is -0.303. The van der Waals surface area contributed by atoms with Crippen molar-refractivity contribution < 1.29 is 0 Å². The topological polar surface area (TPSA) is 0 Å². The quantitative estimate of drug-likeness (QED) is 0.0637. The van der Waals surface area contributed by atoms with Crippen LogP contribution >= 0.6 is 0 Å². The maximum absolute atomic E-state index is 2.83. The van der Waals surface area contributed by atoms with Crippen LogP contribution < -0.4 is 0 Å². The second kappa shape index (κ2) is 30.2. The van der Waals surface area contributed by atoms with Crippen LogP contribution in [0.1, 0.15) is 195 Å². The molecule has 0 rings (SSSR count). The highest BCUT2D eigenvalue weighted by atomic mass is 28.3. The minimum absolute atomic E-state index is 1.31. The highest BCUT2D eigenvalue weighted by molar-refractivity contribution is 6.89. The van der Waals surface area contributed by atoms with E-state index in [0.29, 0.717) is 0 Å². The summed E-state index contributed by atoms with van der Waals surface area (Å²) >= 11 is 0. The van der Waals surface area contributed by atoms with Gasteiger partial charge in [0.15, 0.2) is 0 Å². The Morgan fingerprint density at radius 2 is 0.595 bits per heavy atom. The molecule has 1 heteroatoms. The van der Waals surface area contributed by atoms with Gasteiger partial charge >= 0.3 is 0 Å². The fourth-order valence-electron chi connectivity index (χ4n) is 5.70. The SMILES string of the molecule is CCCCCC/C=C/[Si](/C=C/CCCCCCCC)(CCCCCCCC)CCCCCCCCCC. The number of hydrogen-bond donors (Lipinski definition) is 0. The van der Waals surface area contributed by atoms with Crippen LogP contribution in [0.25, 0.3) is 0 Å². The molecule has 1 atom stereocenters. The molecule has 0 spiro atoms. The molecule has 0 bridgehead atoms. The van der Waals surface area contributed by atoms with Gasteiger partial charge in [0.2, 0.25) is 0 Å². The first-order valence-electron chi connectivity index (χ1n) is 17.6. The van der Waals surface area contributed by atoms with Crippen molar-refractivity contribution in [1.82, 2.24) is 0 Å². The molecule has 0 aromatic rings. The molecule has 0 radical (unpaired) electrons. The molecule has 0 aromatic carbocycles. The van der Waals surface area contributed by atoms with Crippen LogP contribution in [0.15, 0.2) is 23.6 Å². The van der Waals surface area contributed by atoms with Gasteiger partial charge < -0.3 is 0 Å². The summed E-state index contributed by atoms with van der Waals surface area (Å²) in [6, 6.07) is 3.02. The van der Waals surface area contributed by atoms with Crippen molar-refractivity contribution in [3.8, 4) is 0 Å². The summed E-state index contributed by atoms with van der Waals surface area (Å²) < 4.78 is 0. The summed E-state index contributed by atoms with van der Waals surface area (Å²) in [5.41, 5.74) is 5.65. The Balaban J connectivity index is 4.97. The highest BCUT2D eigenvalue weighted by Gasteiger charge is 2.25. The first kappa shape index (κ1) is 36.7. The van der Waals surface area contributed by atoms with Gasteiger partial charge in [0.25, 0.3) is 0 Å². The summed E-state index contributed by atoms with van der Waals surface area (Å²) in [5.74, 6) is 0. The van der Waals surface area contributed by atoms with Crippen LogP contribution in [0.2, 0.25) is 12.1 Å². The van der Waals surface area contributed by atoms with Crippen LogP contribution in [-0.4, -0.2) is 8.07 Å². The Labute approximate surface area is 238 Å². The summed E-state index contributed by atoms with van der Waals surface area (Å²) in [6.45, 7) is 9.31. The third kappa shape index (κ3) is 25.7. The van der Waals surface area contributed by atoms with Gasteiger partial charge in [-0.1, -0.05) is 205 Å². The molecular weight excluding hydrogens is 460 g/mol. The first-order valence-corrected chi connectivity index (χ1v) is 20.2. The zero-order chi connectivity index (χ0) is 27.1. The second-order valence-electron chi connectivity index (χ2n) is 12.2.